The highest BCUT2D eigenvalue weighted by atomic mass is 15.0. The highest BCUT2D eigenvalue weighted by Gasteiger charge is 2.10. The average Bonchev–Trinajstić information content (AvgIpc) is 2.56. The molecule has 0 atom stereocenters. The normalized spacial score (nSPS) is 10.6. The second-order valence-corrected chi connectivity index (χ2v) is 5.67. The van der Waals surface area contributed by atoms with Crippen molar-refractivity contribution in [2.75, 3.05) is 11.1 Å². The minimum absolute atomic E-state index is 0.725. The average molecular weight is 304 g/mol. The van der Waals surface area contributed by atoms with Gasteiger partial charge in [-0.05, 0) is 44.5 Å². The van der Waals surface area contributed by atoms with E-state index in [1.165, 1.54) is 0 Å². The Kier molecular flexibility index (Phi) is 3.98. The quantitative estimate of drug-likeness (QED) is 0.704. The van der Waals surface area contributed by atoms with E-state index in [1.807, 2.05) is 69.3 Å². The molecule has 0 unspecified atom stereocenters. The van der Waals surface area contributed by atoms with Crippen LogP contribution in [-0.2, 0) is 0 Å². The van der Waals surface area contributed by atoms with Gasteiger partial charge in [-0.1, -0.05) is 30.3 Å². The summed E-state index contributed by atoms with van der Waals surface area (Å²) in [6.45, 7) is 6.02. The number of nitrogens with one attached hydrogen (secondary N) is 1. The Labute approximate surface area is 136 Å². The summed E-state index contributed by atoms with van der Waals surface area (Å²) in [5, 5.41) is 3.38. The molecular formula is C19H20N4. The monoisotopic (exact) mass is 304 g/mol. The molecule has 0 bridgehead atoms. The summed E-state index contributed by atoms with van der Waals surface area (Å²) in [6.07, 6.45) is 0. The van der Waals surface area contributed by atoms with E-state index in [-0.39, 0.29) is 0 Å². The van der Waals surface area contributed by atoms with Gasteiger partial charge in [-0.2, -0.15) is 0 Å². The number of benzene rings is 2. The number of rotatable bonds is 3. The van der Waals surface area contributed by atoms with Crippen LogP contribution in [0.25, 0.3) is 11.4 Å². The molecule has 0 aliphatic carbocycles. The number of hydrogen-bond donors (Lipinski definition) is 2. The van der Waals surface area contributed by atoms with E-state index in [0.717, 1.165) is 45.4 Å². The van der Waals surface area contributed by atoms with Crippen molar-refractivity contribution in [3.05, 3.63) is 65.4 Å². The lowest BCUT2D eigenvalue weighted by molar-refractivity contribution is 1.07. The highest BCUT2D eigenvalue weighted by molar-refractivity contribution is 5.66. The first-order valence-corrected chi connectivity index (χ1v) is 7.58. The second-order valence-electron chi connectivity index (χ2n) is 5.67. The Morgan fingerprint density at radius 3 is 2.35 bits per heavy atom. The van der Waals surface area contributed by atoms with E-state index >= 15 is 0 Å². The number of aromatic nitrogens is 2. The van der Waals surface area contributed by atoms with Crippen molar-refractivity contribution in [1.82, 2.24) is 9.97 Å². The topological polar surface area (TPSA) is 63.8 Å². The molecule has 0 amide bonds. The Balaban J connectivity index is 2.01. The number of nitrogen functional groups attached to an aromatic ring is 1. The highest BCUT2D eigenvalue weighted by Crippen LogP contribution is 2.25. The molecule has 4 heteroatoms. The molecule has 23 heavy (non-hydrogen) atoms. The van der Waals surface area contributed by atoms with Gasteiger partial charge < -0.3 is 11.1 Å². The van der Waals surface area contributed by atoms with Crippen LogP contribution in [0, 0.1) is 20.8 Å². The fourth-order valence-electron chi connectivity index (χ4n) is 2.36. The molecule has 3 aromatic rings. The number of hydrogen-bond acceptors (Lipinski definition) is 4. The first kappa shape index (κ1) is 15.0. The molecule has 0 saturated heterocycles. The van der Waals surface area contributed by atoms with Crippen LogP contribution in [0.15, 0.2) is 48.5 Å². The van der Waals surface area contributed by atoms with Crippen LogP contribution in [0.5, 0.6) is 0 Å². The zero-order valence-corrected chi connectivity index (χ0v) is 13.6. The van der Waals surface area contributed by atoms with Gasteiger partial charge in [0.25, 0.3) is 0 Å². The smallest absolute Gasteiger partial charge is 0.161 e. The third-order valence-electron chi connectivity index (χ3n) is 3.95. The van der Waals surface area contributed by atoms with Crippen molar-refractivity contribution in [1.29, 1.82) is 0 Å². The number of nitrogens with two attached hydrogens (primary N) is 1. The molecule has 0 spiro atoms. The Morgan fingerprint density at radius 1 is 0.913 bits per heavy atom. The lowest BCUT2D eigenvalue weighted by Gasteiger charge is -2.13. The van der Waals surface area contributed by atoms with Crippen molar-refractivity contribution < 1.29 is 0 Å². The Hall–Kier alpha value is -2.88. The lowest BCUT2D eigenvalue weighted by Crippen LogP contribution is -2.03. The van der Waals surface area contributed by atoms with Gasteiger partial charge in [0, 0.05) is 28.2 Å². The van der Waals surface area contributed by atoms with E-state index in [0.29, 0.717) is 0 Å². The maximum atomic E-state index is 5.88. The summed E-state index contributed by atoms with van der Waals surface area (Å²) >= 11 is 0. The van der Waals surface area contributed by atoms with Crippen LogP contribution >= 0.6 is 0 Å². The number of aryl methyl sites for hydroxylation is 2. The minimum Gasteiger partial charge on any atom is -0.399 e. The van der Waals surface area contributed by atoms with Crippen molar-refractivity contribution in [3.63, 3.8) is 0 Å². The van der Waals surface area contributed by atoms with Crippen LogP contribution in [-0.4, -0.2) is 9.97 Å². The zero-order chi connectivity index (χ0) is 16.4. The van der Waals surface area contributed by atoms with E-state index in [1.54, 1.807) is 0 Å². The largest absolute Gasteiger partial charge is 0.399 e. The van der Waals surface area contributed by atoms with Gasteiger partial charge in [-0.25, -0.2) is 9.97 Å². The van der Waals surface area contributed by atoms with Crippen molar-refractivity contribution in [2.45, 2.75) is 20.8 Å². The molecule has 3 rings (SSSR count). The molecule has 116 valence electrons. The Morgan fingerprint density at radius 2 is 1.65 bits per heavy atom. The molecule has 0 aliphatic rings. The van der Waals surface area contributed by atoms with E-state index < -0.39 is 0 Å². The lowest BCUT2D eigenvalue weighted by atomic mass is 10.1. The number of nitrogens with zero attached hydrogens (tertiary/aromatic N) is 2. The van der Waals surface area contributed by atoms with Crippen LogP contribution in [0.1, 0.15) is 16.8 Å². The van der Waals surface area contributed by atoms with Gasteiger partial charge in [-0.3, -0.25) is 0 Å². The molecule has 1 aromatic heterocycles. The summed E-state index contributed by atoms with van der Waals surface area (Å²) in [5.74, 6) is 1.55. The van der Waals surface area contributed by atoms with Gasteiger partial charge in [0.05, 0.1) is 0 Å². The third kappa shape index (κ3) is 3.16. The summed E-state index contributed by atoms with van der Waals surface area (Å²) in [6, 6.07) is 15.9. The van der Waals surface area contributed by atoms with Crippen LogP contribution in [0.2, 0.25) is 0 Å². The predicted molar refractivity (Wildman–Crippen MR) is 95.8 cm³/mol. The van der Waals surface area contributed by atoms with Gasteiger partial charge in [0.15, 0.2) is 5.82 Å². The fourth-order valence-corrected chi connectivity index (χ4v) is 2.36. The van der Waals surface area contributed by atoms with Gasteiger partial charge >= 0.3 is 0 Å². The fraction of sp³-hybridized carbons (Fsp3) is 0.158. The molecule has 0 fully saturated rings. The summed E-state index contributed by atoms with van der Waals surface area (Å²) in [4.78, 5) is 9.30. The second kappa shape index (κ2) is 6.08. The van der Waals surface area contributed by atoms with Gasteiger partial charge in [0.1, 0.15) is 5.82 Å². The summed E-state index contributed by atoms with van der Waals surface area (Å²) in [7, 11) is 0. The van der Waals surface area contributed by atoms with E-state index in [9.17, 15) is 0 Å². The van der Waals surface area contributed by atoms with Crippen molar-refractivity contribution in [2.24, 2.45) is 0 Å². The standard InChI is InChI=1S/C19H20N4/c1-12-11-16(9-10-17(12)20)22-18-13(2)14(3)21-19(23-18)15-7-5-4-6-8-15/h4-11H,20H2,1-3H3,(H,21,22,23). The van der Waals surface area contributed by atoms with Gasteiger partial charge in [-0.15, -0.1) is 0 Å². The summed E-state index contributed by atoms with van der Waals surface area (Å²) in [5.41, 5.74) is 11.7. The molecule has 0 radical (unpaired) electrons. The SMILES string of the molecule is Cc1cc(Nc2nc(-c3ccccc3)nc(C)c2C)ccc1N. The Bertz CT molecular complexity index is 841. The molecule has 0 saturated carbocycles. The molecule has 0 aliphatic heterocycles. The van der Waals surface area contributed by atoms with Crippen molar-refractivity contribution >= 4 is 17.2 Å². The number of anilines is 3. The van der Waals surface area contributed by atoms with Crippen LogP contribution in [0.3, 0.4) is 0 Å². The molecule has 2 aromatic carbocycles. The third-order valence-corrected chi connectivity index (χ3v) is 3.95. The van der Waals surface area contributed by atoms with E-state index in [4.69, 9.17) is 10.7 Å². The first-order valence-electron chi connectivity index (χ1n) is 7.58. The molecular weight excluding hydrogens is 284 g/mol. The van der Waals surface area contributed by atoms with E-state index in [2.05, 4.69) is 10.3 Å². The molecule has 4 nitrogen and oxygen atoms in total. The van der Waals surface area contributed by atoms with Crippen LogP contribution in [0.4, 0.5) is 17.2 Å². The van der Waals surface area contributed by atoms with Crippen LogP contribution < -0.4 is 11.1 Å². The predicted octanol–water partition coefficient (Wildman–Crippen LogP) is 4.39. The maximum Gasteiger partial charge on any atom is 0.161 e. The molecule has 1 heterocycles. The molecule has 3 N–H and O–H groups in total. The maximum absolute atomic E-state index is 5.88. The van der Waals surface area contributed by atoms with Crippen molar-refractivity contribution in [3.8, 4) is 11.4 Å². The first-order chi connectivity index (χ1) is 11.0. The zero-order valence-electron chi connectivity index (χ0n) is 13.6. The summed E-state index contributed by atoms with van der Waals surface area (Å²) < 4.78 is 0. The minimum atomic E-state index is 0.725. The van der Waals surface area contributed by atoms with Gasteiger partial charge in [0.2, 0.25) is 0 Å².